The van der Waals surface area contributed by atoms with E-state index in [1.165, 1.54) is 19.2 Å². The number of carbonyl (C=O) groups is 4. The molecule has 0 saturated heterocycles. The van der Waals surface area contributed by atoms with Gasteiger partial charge in [-0.2, -0.15) is 0 Å². The number of hydrogen-bond donors (Lipinski definition) is 1. The highest BCUT2D eigenvalue weighted by atomic mass is 16.7. The molecule has 0 amide bonds. The summed E-state index contributed by atoms with van der Waals surface area (Å²) < 4.78 is 31.2. The molecule has 232 valence electrons. The molecule has 0 radical (unpaired) electrons. The average Bonchev–Trinajstić information content (AvgIpc) is 2.96. The first-order valence-corrected chi connectivity index (χ1v) is 14.3. The zero-order valence-corrected chi connectivity index (χ0v) is 25.5. The Kier molecular flexibility index (Phi) is 17.1. The van der Waals surface area contributed by atoms with Gasteiger partial charge in [-0.1, -0.05) is 66.9 Å². The van der Waals surface area contributed by atoms with Crippen LogP contribution in [0.3, 0.4) is 0 Å². The van der Waals surface area contributed by atoms with Gasteiger partial charge in [-0.3, -0.25) is 9.59 Å². The lowest BCUT2D eigenvalue weighted by Gasteiger charge is -2.18. The number of rotatable bonds is 18. The van der Waals surface area contributed by atoms with Crippen LogP contribution in [0.25, 0.3) is 0 Å². The molecule has 0 aliphatic carbocycles. The molecule has 11 heteroatoms. The minimum atomic E-state index is -0.956. The van der Waals surface area contributed by atoms with Crippen LogP contribution in [0.5, 0.6) is 11.5 Å². The monoisotopic (exact) mass is 581 g/mol. The smallest absolute Gasteiger partial charge is 0.468 e. The highest BCUT2D eigenvalue weighted by Gasteiger charge is 2.23. The average molecular weight is 582 g/mol. The van der Waals surface area contributed by atoms with Crippen LogP contribution in [-0.4, -0.2) is 63.8 Å². The molecule has 1 N–H and O–H groups in total. The van der Waals surface area contributed by atoms with Gasteiger partial charge in [-0.25, -0.2) is 9.59 Å². The molecule has 41 heavy (non-hydrogen) atoms. The molecule has 0 aromatic heterocycles. The summed E-state index contributed by atoms with van der Waals surface area (Å²) in [6.45, 7) is 12.3. The Balaban J connectivity index is 3.00. The number of methoxy groups -OCH3 is 1. The van der Waals surface area contributed by atoms with Crippen LogP contribution in [-0.2, 0) is 35.0 Å². The van der Waals surface area contributed by atoms with Crippen molar-refractivity contribution in [2.24, 2.45) is 17.8 Å². The standard InChI is InChI=1S/C30H47NO10/c1-8-11-22(6)27(32)37-15-14-31-24(28(33)36-7)16-23-12-13-25(40-29(34)38-18-20(4)9-2)26(17-23)41-30(35)39-19-21(5)10-3/h12-13,17,20-22,24,31H,8-11,14-16,18-19H2,1-7H3/t20?,21?,22?,24-/m0/s1. The van der Waals surface area contributed by atoms with Gasteiger partial charge in [0.25, 0.3) is 0 Å². The van der Waals surface area contributed by atoms with E-state index in [2.05, 4.69) is 5.32 Å². The molecule has 11 nitrogen and oxygen atoms in total. The van der Waals surface area contributed by atoms with Crippen LogP contribution in [0, 0.1) is 17.8 Å². The van der Waals surface area contributed by atoms with E-state index in [9.17, 15) is 19.2 Å². The Morgan fingerprint density at radius 2 is 1.39 bits per heavy atom. The molecule has 0 aliphatic rings. The summed E-state index contributed by atoms with van der Waals surface area (Å²) in [6, 6.07) is 3.76. The van der Waals surface area contributed by atoms with Crippen LogP contribution < -0.4 is 14.8 Å². The minimum Gasteiger partial charge on any atom is -0.468 e. The topological polar surface area (TPSA) is 136 Å². The van der Waals surface area contributed by atoms with Crippen LogP contribution in [0.4, 0.5) is 9.59 Å². The fourth-order valence-electron chi connectivity index (χ4n) is 3.43. The van der Waals surface area contributed by atoms with Gasteiger partial charge in [0.1, 0.15) is 12.6 Å². The van der Waals surface area contributed by atoms with E-state index in [1.807, 2.05) is 41.5 Å². The fraction of sp³-hybridized carbons (Fsp3) is 0.667. The summed E-state index contributed by atoms with van der Waals surface area (Å²) in [5, 5.41) is 3.03. The highest BCUT2D eigenvalue weighted by Crippen LogP contribution is 2.30. The molecule has 1 aromatic carbocycles. The summed E-state index contributed by atoms with van der Waals surface area (Å²) in [6.07, 6.45) is 1.51. The van der Waals surface area contributed by atoms with Gasteiger partial charge >= 0.3 is 24.2 Å². The summed E-state index contributed by atoms with van der Waals surface area (Å²) in [4.78, 5) is 49.2. The van der Waals surface area contributed by atoms with Crippen molar-refractivity contribution in [3.05, 3.63) is 23.8 Å². The fourth-order valence-corrected chi connectivity index (χ4v) is 3.43. The molecular weight excluding hydrogens is 534 g/mol. The van der Waals surface area contributed by atoms with E-state index < -0.39 is 24.3 Å². The number of benzene rings is 1. The molecule has 3 unspecified atom stereocenters. The number of nitrogens with one attached hydrogen (secondary N) is 1. The third kappa shape index (κ3) is 14.2. The molecule has 1 rings (SSSR count). The zero-order chi connectivity index (χ0) is 30.8. The second-order valence-corrected chi connectivity index (χ2v) is 10.2. The van der Waals surface area contributed by atoms with Gasteiger partial charge in [0.2, 0.25) is 0 Å². The maximum Gasteiger partial charge on any atom is 0.513 e. The Morgan fingerprint density at radius 1 is 0.805 bits per heavy atom. The van der Waals surface area contributed by atoms with Crippen molar-refractivity contribution in [1.82, 2.24) is 5.32 Å². The molecule has 0 saturated carbocycles. The SMILES string of the molecule is CCCC(C)C(=O)OCCN[C@@H](Cc1ccc(OC(=O)OCC(C)CC)c(OC(=O)OCC(C)CC)c1)C(=O)OC. The largest absolute Gasteiger partial charge is 0.513 e. The maximum atomic E-state index is 12.5. The molecular formula is C30H47NO10. The van der Waals surface area contributed by atoms with Gasteiger partial charge < -0.3 is 33.7 Å². The van der Waals surface area contributed by atoms with Crippen LogP contribution >= 0.6 is 0 Å². The third-order valence-corrected chi connectivity index (χ3v) is 6.55. The molecule has 0 aliphatic heterocycles. The molecule has 0 spiro atoms. The Bertz CT molecular complexity index is 967. The second-order valence-electron chi connectivity index (χ2n) is 10.2. The third-order valence-electron chi connectivity index (χ3n) is 6.55. The van der Waals surface area contributed by atoms with Crippen LogP contribution in [0.2, 0.25) is 0 Å². The lowest BCUT2D eigenvalue weighted by Crippen LogP contribution is -2.41. The summed E-state index contributed by atoms with van der Waals surface area (Å²) >= 11 is 0. The van der Waals surface area contributed by atoms with Crippen molar-refractivity contribution in [2.75, 3.05) is 33.5 Å². The lowest BCUT2D eigenvalue weighted by molar-refractivity contribution is -0.148. The van der Waals surface area contributed by atoms with Crippen LogP contribution in [0.1, 0.15) is 72.8 Å². The first-order valence-electron chi connectivity index (χ1n) is 14.3. The van der Waals surface area contributed by atoms with Gasteiger partial charge in [0.15, 0.2) is 11.5 Å². The van der Waals surface area contributed by atoms with Gasteiger partial charge in [0.05, 0.1) is 26.2 Å². The lowest BCUT2D eigenvalue weighted by atomic mass is 10.1. The molecule has 0 fully saturated rings. The van der Waals surface area contributed by atoms with Crippen LogP contribution in [0.15, 0.2) is 18.2 Å². The van der Waals surface area contributed by atoms with Crippen molar-refractivity contribution in [2.45, 2.75) is 79.7 Å². The van der Waals surface area contributed by atoms with E-state index in [0.29, 0.717) is 5.56 Å². The summed E-state index contributed by atoms with van der Waals surface area (Å²) in [7, 11) is 1.27. The molecule has 1 aromatic rings. The Hall–Kier alpha value is -3.34. The predicted octanol–water partition coefficient (Wildman–Crippen LogP) is 5.46. The number of ether oxygens (including phenoxy) is 6. The van der Waals surface area contributed by atoms with Crippen molar-refractivity contribution >= 4 is 24.2 Å². The van der Waals surface area contributed by atoms with E-state index in [-0.39, 0.29) is 68.0 Å². The van der Waals surface area contributed by atoms with Gasteiger partial charge in [0, 0.05) is 6.54 Å². The van der Waals surface area contributed by atoms with Gasteiger partial charge in [-0.05, 0) is 42.4 Å². The van der Waals surface area contributed by atoms with Crippen molar-refractivity contribution < 1.29 is 47.6 Å². The molecule has 4 atom stereocenters. The second kappa shape index (κ2) is 19.7. The normalized spacial score (nSPS) is 13.7. The first-order chi connectivity index (χ1) is 19.5. The van der Waals surface area contributed by atoms with E-state index in [1.54, 1.807) is 6.07 Å². The van der Waals surface area contributed by atoms with E-state index in [0.717, 1.165) is 25.7 Å². The maximum absolute atomic E-state index is 12.5. The quantitative estimate of drug-likeness (QED) is 0.102. The van der Waals surface area contributed by atoms with Crippen molar-refractivity contribution in [3.63, 3.8) is 0 Å². The number of esters is 2. The minimum absolute atomic E-state index is 0.0425. The first kappa shape index (κ1) is 35.7. The van der Waals surface area contributed by atoms with Crippen molar-refractivity contribution in [1.29, 1.82) is 0 Å². The van der Waals surface area contributed by atoms with Gasteiger partial charge in [-0.15, -0.1) is 0 Å². The van der Waals surface area contributed by atoms with E-state index in [4.69, 9.17) is 28.4 Å². The summed E-state index contributed by atoms with van der Waals surface area (Å²) in [5.74, 6) is -0.828. The highest BCUT2D eigenvalue weighted by molar-refractivity contribution is 5.76. The Morgan fingerprint density at radius 3 is 1.93 bits per heavy atom. The number of carbonyl (C=O) groups excluding carboxylic acids is 4. The van der Waals surface area contributed by atoms with Crippen molar-refractivity contribution in [3.8, 4) is 11.5 Å². The molecule has 0 bridgehead atoms. The van der Waals surface area contributed by atoms with E-state index >= 15 is 0 Å². The Labute approximate surface area is 243 Å². The molecule has 0 heterocycles. The zero-order valence-electron chi connectivity index (χ0n) is 25.5. The predicted molar refractivity (Wildman–Crippen MR) is 152 cm³/mol. The summed E-state index contributed by atoms with van der Waals surface area (Å²) in [5.41, 5.74) is 0.575. The number of hydrogen-bond acceptors (Lipinski definition) is 11.